The molecule has 0 unspecified atom stereocenters. The number of aromatic amines is 1. The Morgan fingerprint density at radius 1 is 1.31 bits per heavy atom. The molecule has 2 heterocycles. The molecule has 26 heavy (non-hydrogen) atoms. The largest absolute Gasteiger partial charge is 0.463 e. The molecule has 0 bridgehead atoms. The van der Waals surface area contributed by atoms with Crippen molar-refractivity contribution in [1.29, 1.82) is 0 Å². The highest BCUT2D eigenvalue weighted by Gasteiger charge is 2.49. The van der Waals surface area contributed by atoms with Gasteiger partial charge < -0.3 is 18.9 Å². The number of esters is 2. The molecule has 1 aromatic heterocycles. The van der Waals surface area contributed by atoms with Gasteiger partial charge in [0.25, 0.3) is 5.56 Å². The van der Waals surface area contributed by atoms with Gasteiger partial charge in [0.2, 0.25) is 0 Å². The first-order chi connectivity index (χ1) is 12.3. The average Bonchev–Trinajstić information content (AvgIpc) is 2.87. The number of nitrogens with one attached hydrogen (secondary N) is 1. The van der Waals surface area contributed by atoms with E-state index >= 15 is 0 Å². The zero-order valence-electron chi connectivity index (χ0n) is 14.2. The van der Waals surface area contributed by atoms with E-state index in [9.17, 15) is 19.2 Å². The van der Waals surface area contributed by atoms with Crippen LogP contribution in [0.1, 0.15) is 20.1 Å². The van der Waals surface area contributed by atoms with Gasteiger partial charge >= 0.3 is 17.6 Å². The Hall–Kier alpha value is -2.90. The number of rotatable bonds is 6. The van der Waals surface area contributed by atoms with Crippen LogP contribution in [0.5, 0.6) is 0 Å². The Labute approximate surface area is 148 Å². The molecule has 1 N–H and O–H groups in total. The van der Waals surface area contributed by atoms with Gasteiger partial charge in [-0.05, 0) is 0 Å². The lowest BCUT2D eigenvalue weighted by atomic mass is 10.1. The van der Waals surface area contributed by atoms with Crippen LogP contribution < -0.4 is 11.2 Å². The zero-order chi connectivity index (χ0) is 19.3. The fraction of sp³-hybridized carbons (Fsp3) is 0.500. The van der Waals surface area contributed by atoms with Crippen LogP contribution >= 0.6 is 0 Å². The van der Waals surface area contributed by atoms with Gasteiger partial charge in [0.15, 0.2) is 12.3 Å². The quantitative estimate of drug-likeness (QED) is 0.499. The average molecular weight is 366 g/mol. The smallest absolute Gasteiger partial charge is 0.330 e. The first-order valence-corrected chi connectivity index (χ1v) is 7.66. The second-order valence-electron chi connectivity index (χ2n) is 5.44. The van der Waals surface area contributed by atoms with E-state index in [0.717, 1.165) is 10.6 Å². The predicted molar refractivity (Wildman–Crippen MR) is 86.0 cm³/mol. The molecule has 1 aromatic rings. The van der Waals surface area contributed by atoms with Gasteiger partial charge in [-0.15, -0.1) is 6.42 Å². The van der Waals surface area contributed by atoms with Gasteiger partial charge in [-0.25, -0.2) is 4.79 Å². The van der Waals surface area contributed by atoms with Crippen LogP contribution in [0.2, 0.25) is 0 Å². The maximum Gasteiger partial charge on any atom is 0.330 e. The maximum absolute atomic E-state index is 12.1. The molecule has 10 heteroatoms. The van der Waals surface area contributed by atoms with Crippen LogP contribution in [0.15, 0.2) is 21.9 Å². The summed E-state index contributed by atoms with van der Waals surface area (Å²) in [6, 6.07) is 1.13. The summed E-state index contributed by atoms with van der Waals surface area (Å²) in [5, 5.41) is 0. The molecule has 10 nitrogen and oxygen atoms in total. The summed E-state index contributed by atoms with van der Waals surface area (Å²) in [6.07, 6.45) is 2.54. The molecular formula is C16H18N2O8. The molecule has 4 atom stereocenters. The lowest BCUT2D eigenvalue weighted by Crippen LogP contribution is -2.41. The highest BCUT2D eigenvalue weighted by atomic mass is 16.6. The SMILES string of the molecule is C#CCO[C@@H]1[C@H](OC(C)=O)[C@@H](COC(C)=O)O[C@H]1n1ccc(=O)[nH]c1=O. The number of hydrogen-bond acceptors (Lipinski definition) is 8. The number of terminal acetylenes is 1. The first-order valence-electron chi connectivity index (χ1n) is 7.66. The molecule has 0 aromatic carbocycles. The second kappa shape index (κ2) is 8.46. The van der Waals surface area contributed by atoms with Crippen LogP contribution in [0, 0.1) is 12.3 Å². The Morgan fingerprint density at radius 2 is 2.04 bits per heavy atom. The molecule has 0 radical (unpaired) electrons. The zero-order valence-corrected chi connectivity index (χ0v) is 14.2. The van der Waals surface area contributed by atoms with Crippen molar-refractivity contribution in [2.75, 3.05) is 13.2 Å². The van der Waals surface area contributed by atoms with E-state index < -0.39 is 47.7 Å². The number of aromatic nitrogens is 2. The summed E-state index contributed by atoms with van der Waals surface area (Å²) in [6.45, 7) is 2.05. The van der Waals surface area contributed by atoms with E-state index in [-0.39, 0.29) is 13.2 Å². The van der Waals surface area contributed by atoms with Crippen LogP contribution in [0.25, 0.3) is 0 Å². The van der Waals surface area contributed by atoms with Gasteiger partial charge in [0, 0.05) is 26.1 Å². The van der Waals surface area contributed by atoms with Crippen molar-refractivity contribution < 1.29 is 28.5 Å². The minimum atomic E-state index is -1.06. The molecule has 2 rings (SSSR count). The summed E-state index contributed by atoms with van der Waals surface area (Å²) in [4.78, 5) is 48.0. The van der Waals surface area contributed by atoms with Crippen molar-refractivity contribution in [2.45, 2.75) is 38.4 Å². The number of carbonyl (C=O) groups is 2. The molecular weight excluding hydrogens is 348 g/mol. The van der Waals surface area contributed by atoms with Gasteiger partial charge in [0.1, 0.15) is 25.4 Å². The fourth-order valence-corrected chi connectivity index (χ4v) is 2.55. The van der Waals surface area contributed by atoms with E-state index in [1.165, 1.54) is 20.0 Å². The van der Waals surface area contributed by atoms with Crippen molar-refractivity contribution in [2.24, 2.45) is 0 Å². The molecule has 1 saturated heterocycles. The monoisotopic (exact) mass is 366 g/mol. The minimum absolute atomic E-state index is 0.138. The number of ether oxygens (including phenoxy) is 4. The molecule has 1 aliphatic heterocycles. The Kier molecular flexibility index (Phi) is 6.32. The van der Waals surface area contributed by atoms with Crippen molar-refractivity contribution in [1.82, 2.24) is 9.55 Å². The van der Waals surface area contributed by atoms with Gasteiger partial charge in [-0.3, -0.25) is 23.9 Å². The Balaban J connectivity index is 2.38. The summed E-state index contributed by atoms with van der Waals surface area (Å²) in [7, 11) is 0. The predicted octanol–water partition coefficient (Wildman–Crippen LogP) is -1.05. The number of hydrogen-bond donors (Lipinski definition) is 1. The number of carbonyl (C=O) groups excluding carboxylic acids is 2. The Morgan fingerprint density at radius 3 is 2.62 bits per heavy atom. The number of H-pyrrole nitrogens is 1. The molecule has 0 aliphatic carbocycles. The van der Waals surface area contributed by atoms with Crippen LogP contribution in [0.4, 0.5) is 0 Å². The lowest BCUT2D eigenvalue weighted by molar-refractivity contribution is -0.158. The van der Waals surface area contributed by atoms with E-state index in [1.54, 1.807) is 0 Å². The molecule has 1 fully saturated rings. The van der Waals surface area contributed by atoms with E-state index in [1.807, 2.05) is 0 Å². The third kappa shape index (κ3) is 4.59. The van der Waals surface area contributed by atoms with Crippen molar-refractivity contribution in [3.63, 3.8) is 0 Å². The van der Waals surface area contributed by atoms with E-state index in [2.05, 4.69) is 10.9 Å². The molecule has 1 aliphatic rings. The molecule has 0 spiro atoms. The first kappa shape index (κ1) is 19.4. The molecule has 0 saturated carbocycles. The van der Waals surface area contributed by atoms with Crippen molar-refractivity contribution >= 4 is 11.9 Å². The van der Waals surface area contributed by atoms with Gasteiger partial charge in [0.05, 0.1) is 0 Å². The molecule has 0 amide bonds. The van der Waals surface area contributed by atoms with Crippen molar-refractivity contribution in [3.8, 4) is 12.3 Å². The summed E-state index contributed by atoms with van der Waals surface area (Å²) in [5.74, 6) is 1.11. The summed E-state index contributed by atoms with van der Waals surface area (Å²) in [5.41, 5.74) is -1.33. The van der Waals surface area contributed by atoms with Crippen LogP contribution in [-0.4, -0.2) is 53.0 Å². The minimum Gasteiger partial charge on any atom is -0.463 e. The third-order valence-electron chi connectivity index (χ3n) is 3.52. The lowest BCUT2D eigenvalue weighted by Gasteiger charge is -2.23. The summed E-state index contributed by atoms with van der Waals surface area (Å²) < 4.78 is 22.5. The topological polar surface area (TPSA) is 126 Å². The maximum atomic E-state index is 12.1. The normalized spacial score (nSPS) is 24.7. The Bertz CT molecular complexity index is 821. The van der Waals surface area contributed by atoms with E-state index in [0.29, 0.717) is 0 Å². The fourth-order valence-electron chi connectivity index (χ4n) is 2.55. The van der Waals surface area contributed by atoms with E-state index in [4.69, 9.17) is 25.4 Å². The van der Waals surface area contributed by atoms with Gasteiger partial charge in [-0.2, -0.15) is 0 Å². The van der Waals surface area contributed by atoms with Crippen LogP contribution in [0.3, 0.4) is 0 Å². The standard InChI is InChI=1S/C16H18N2O8/c1-4-7-23-14-13(25-10(3)20)11(8-24-9(2)19)26-15(14)18-6-5-12(21)17-16(18)22/h1,5-6,11,13-15H,7-8H2,2-3H3,(H,17,21,22)/t11-,13-,14-,15-/m1/s1. The molecule has 140 valence electrons. The summed E-state index contributed by atoms with van der Waals surface area (Å²) >= 11 is 0. The van der Waals surface area contributed by atoms with Crippen molar-refractivity contribution in [3.05, 3.63) is 33.1 Å². The second-order valence-corrected chi connectivity index (χ2v) is 5.44. The van der Waals surface area contributed by atoms with Gasteiger partial charge in [-0.1, -0.05) is 5.92 Å². The van der Waals surface area contributed by atoms with Crippen LogP contribution in [-0.2, 0) is 28.5 Å². The third-order valence-corrected chi connectivity index (χ3v) is 3.52. The number of nitrogens with zero attached hydrogens (tertiary/aromatic N) is 1. The highest BCUT2D eigenvalue weighted by Crippen LogP contribution is 2.33. The highest BCUT2D eigenvalue weighted by molar-refractivity contribution is 5.66.